The molecule has 0 spiro atoms. The number of aliphatic hydroxyl groups excluding tert-OH is 1. The molecular weight excluding hydrogens is 602 g/mol. The van der Waals surface area contributed by atoms with Gasteiger partial charge >= 0.3 is 0 Å². The lowest BCUT2D eigenvalue weighted by molar-refractivity contribution is -0.122. The van der Waals surface area contributed by atoms with Gasteiger partial charge in [-0.2, -0.15) is 4.39 Å². The Morgan fingerprint density at radius 3 is 2.59 bits per heavy atom. The number of aliphatic hydroxyl groups is 1. The second-order valence-electron chi connectivity index (χ2n) is 10.2. The van der Waals surface area contributed by atoms with E-state index >= 15 is 0 Å². The lowest BCUT2D eigenvalue weighted by Gasteiger charge is -2.16. The highest BCUT2D eigenvalue weighted by molar-refractivity contribution is 5.96. The number of amides is 2. The van der Waals surface area contributed by atoms with Crippen molar-refractivity contribution in [1.82, 2.24) is 25.0 Å². The number of nitrogens with two attached hydrogens (primary N) is 3. The molecule has 16 heteroatoms. The van der Waals surface area contributed by atoms with Gasteiger partial charge in [0.2, 0.25) is 11.7 Å². The number of nitrogens with zero attached hydrogens (tertiary/aromatic N) is 4. The fourth-order valence-corrected chi connectivity index (χ4v) is 4.61. The summed E-state index contributed by atoms with van der Waals surface area (Å²) in [6, 6.07) is 6.99. The van der Waals surface area contributed by atoms with E-state index in [4.69, 9.17) is 21.9 Å². The molecule has 2 aromatic heterocycles. The number of benzene rings is 2. The van der Waals surface area contributed by atoms with Gasteiger partial charge in [0, 0.05) is 48.8 Å². The minimum absolute atomic E-state index is 0.00201. The van der Waals surface area contributed by atoms with E-state index in [1.54, 1.807) is 28.8 Å². The number of aromatic nitrogens is 3. The van der Waals surface area contributed by atoms with Gasteiger partial charge in [0.05, 0.1) is 31.1 Å². The Morgan fingerprint density at radius 1 is 1.11 bits per heavy atom. The second-order valence-corrected chi connectivity index (χ2v) is 10.2. The Bertz CT molecular complexity index is 1740. The van der Waals surface area contributed by atoms with Crippen LogP contribution in [0.25, 0.3) is 16.9 Å². The zero-order chi connectivity index (χ0) is 33.4. The van der Waals surface area contributed by atoms with Crippen molar-refractivity contribution in [2.24, 2.45) is 22.2 Å². The fourth-order valence-electron chi connectivity index (χ4n) is 4.61. The highest BCUT2D eigenvalue weighted by Crippen LogP contribution is 2.31. The molecule has 2 aromatic carbocycles. The van der Waals surface area contributed by atoms with Crippen LogP contribution in [0.1, 0.15) is 29.3 Å². The summed E-state index contributed by atoms with van der Waals surface area (Å²) in [4.78, 5) is 37.6. The number of fused-ring (bicyclic) bond motifs is 1. The molecule has 0 bridgehead atoms. The number of ether oxygens (including phenoxy) is 1. The van der Waals surface area contributed by atoms with Crippen LogP contribution in [0.4, 0.5) is 20.3 Å². The molecule has 0 unspecified atom stereocenters. The smallest absolute Gasteiger partial charge is 0.251 e. The number of halogens is 2. The first kappa shape index (κ1) is 33.5. The van der Waals surface area contributed by atoms with Crippen LogP contribution in [-0.2, 0) is 11.2 Å². The Balaban J connectivity index is 1.40. The monoisotopic (exact) mass is 638 g/mol. The van der Waals surface area contributed by atoms with Crippen LogP contribution in [0.2, 0.25) is 0 Å². The number of guanidine groups is 1. The predicted octanol–water partition coefficient (Wildman–Crippen LogP) is 1.19. The van der Waals surface area contributed by atoms with E-state index < -0.39 is 35.6 Å². The molecule has 10 N–H and O–H groups in total. The SMILES string of the molecule is CCc1cc(Nc2nccn3c(-c4ccc(OC)c(F)c4F)cnc23)ccc1C(=O)NC[C@@H](O)CNC(=O)[C@H](N)CCN=C(N)N. The minimum atomic E-state index is -1.10. The van der Waals surface area contributed by atoms with Crippen LogP contribution in [-0.4, -0.2) is 76.1 Å². The van der Waals surface area contributed by atoms with Crippen molar-refractivity contribution >= 4 is 34.9 Å². The van der Waals surface area contributed by atoms with Crippen molar-refractivity contribution in [3.05, 3.63) is 71.7 Å². The number of rotatable bonds is 14. The molecule has 0 fully saturated rings. The van der Waals surface area contributed by atoms with Crippen LogP contribution < -0.4 is 37.9 Å². The summed E-state index contributed by atoms with van der Waals surface area (Å²) in [5.74, 6) is -3.01. The van der Waals surface area contributed by atoms with Crippen LogP contribution in [0.5, 0.6) is 5.75 Å². The zero-order valence-corrected chi connectivity index (χ0v) is 25.3. The van der Waals surface area contributed by atoms with Crippen LogP contribution >= 0.6 is 0 Å². The maximum absolute atomic E-state index is 14.8. The average Bonchev–Trinajstić information content (AvgIpc) is 3.48. The van der Waals surface area contributed by atoms with Gasteiger partial charge in [-0.3, -0.25) is 19.0 Å². The molecule has 0 saturated heterocycles. The lowest BCUT2D eigenvalue weighted by atomic mass is 10.0. The summed E-state index contributed by atoms with van der Waals surface area (Å²) in [6.45, 7) is 1.85. The third-order valence-corrected chi connectivity index (χ3v) is 7.05. The van der Waals surface area contributed by atoms with Gasteiger partial charge in [-0.25, -0.2) is 14.4 Å². The molecule has 2 atom stereocenters. The van der Waals surface area contributed by atoms with Crippen molar-refractivity contribution in [3.8, 4) is 17.0 Å². The van der Waals surface area contributed by atoms with Crippen molar-refractivity contribution in [1.29, 1.82) is 0 Å². The van der Waals surface area contributed by atoms with E-state index in [0.717, 1.165) is 0 Å². The summed E-state index contributed by atoms with van der Waals surface area (Å²) < 4.78 is 35.7. The third kappa shape index (κ3) is 7.83. The number of hydrogen-bond acceptors (Lipinski definition) is 9. The van der Waals surface area contributed by atoms with E-state index in [9.17, 15) is 23.5 Å². The Labute approximate surface area is 263 Å². The number of methoxy groups -OCH3 is 1. The lowest BCUT2D eigenvalue weighted by Crippen LogP contribution is -2.46. The molecule has 0 aliphatic carbocycles. The predicted molar refractivity (Wildman–Crippen MR) is 169 cm³/mol. The molecule has 0 aliphatic rings. The van der Waals surface area contributed by atoms with Gasteiger partial charge in [-0.1, -0.05) is 6.92 Å². The first-order chi connectivity index (χ1) is 22.0. The van der Waals surface area contributed by atoms with Gasteiger partial charge in [-0.05, 0) is 48.7 Å². The van der Waals surface area contributed by atoms with Crippen molar-refractivity contribution < 1.29 is 28.2 Å². The zero-order valence-electron chi connectivity index (χ0n) is 25.3. The fraction of sp³-hybridized carbons (Fsp3) is 0.300. The minimum Gasteiger partial charge on any atom is -0.494 e. The van der Waals surface area contributed by atoms with Crippen molar-refractivity contribution in [3.63, 3.8) is 0 Å². The Hall–Kier alpha value is -5.35. The number of imidazole rings is 1. The number of aryl methyl sites for hydroxylation is 1. The van der Waals surface area contributed by atoms with Crippen LogP contribution in [0.15, 0.2) is 53.9 Å². The number of nitrogens with one attached hydrogen (secondary N) is 3. The second kappa shape index (κ2) is 15.1. The van der Waals surface area contributed by atoms with Crippen molar-refractivity contribution in [2.75, 3.05) is 32.1 Å². The van der Waals surface area contributed by atoms with Gasteiger partial charge in [0.1, 0.15) is 0 Å². The summed E-state index contributed by atoms with van der Waals surface area (Å²) in [5.41, 5.74) is 18.7. The normalized spacial score (nSPS) is 12.3. The molecule has 2 amide bonds. The van der Waals surface area contributed by atoms with Gasteiger partial charge in [0.25, 0.3) is 5.91 Å². The molecule has 4 aromatic rings. The summed E-state index contributed by atoms with van der Waals surface area (Å²) in [7, 11) is 1.26. The van der Waals surface area contributed by atoms with Crippen LogP contribution in [0.3, 0.4) is 0 Å². The molecule has 0 radical (unpaired) electrons. The molecule has 46 heavy (non-hydrogen) atoms. The number of carbonyl (C=O) groups is 2. The number of aliphatic imine (C=N–C) groups is 1. The van der Waals surface area contributed by atoms with E-state index in [1.807, 2.05) is 6.92 Å². The Kier molecular flexibility index (Phi) is 11.0. The first-order valence-corrected chi connectivity index (χ1v) is 14.3. The molecule has 4 rings (SSSR count). The number of anilines is 2. The summed E-state index contributed by atoms with van der Waals surface area (Å²) in [5, 5.41) is 18.7. The van der Waals surface area contributed by atoms with E-state index in [2.05, 4.69) is 30.9 Å². The standard InChI is InChI=1S/C30H36F2N10O4/c1-3-16-12-17(4-5-19(16)28(44)39-13-18(43)14-40-29(45)21(33)8-9-37-30(34)35)41-26-27-38-15-22(42(27)11-10-36-26)20-6-7-23(46-2)25(32)24(20)31/h4-7,10-12,15,18,21,43H,3,8-9,13-14,33H2,1-2H3,(H,36,41)(H,39,44)(H,40,45)(H4,34,35,37)/t18-,21-/m1/s1. The van der Waals surface area contributed by atoms with Crippen LogP contribution in [0, 0.1) is 11.6 Å². The highest BCUT2D eigenvalue weighted by atomic mass is 19.2. The Morgan fingerprint density at radius 2 is 1.87 bits per heavy atom. The third-order valence-electron chi connectivity index (χ3n) is 7.05. The van der Waals surface area contributed by atoms with E-state index in [0.29, 0.717) is 40.4 Å². The molecule has 2 heterocycles. The van der Waals surface area contributed by atoms with E-state index in [-0.39, 0.29) is 43.3 Å². The van der Waals surface area contributed by atoms with E-state index in [1.165, 1.54) is 31.6 Å². The topological polar surface area (TPSA) is 220 Å². The van der Waals surface area contributed by atoms with Gasteiger partial charge in [-0.15, -0.1) is 0 Å². The van der Waals surface area contributed by atoms with Gasteiger partial charge < -0.3 is 43.0 Å². The molecular formula is C30H36F2N10O4. The molecule has 14 nitrogen and oxygen atoms in total. The maximum Gasteiger partial charge on any atom is 0.251 e. The molecule has 0 aliphatic heterocycles. The summed E-state index contributed by atoms with van der Waals surface area (Å²) in [6.07, 6.45) is 4.18. The maximum atomic E-state index is 14.8. The highest BCUT2D eigenvalue weighted by Gasteiger charge is 2.20. The first-order valence-electron chi connectivity index (χ1n) is 14.3. The largest absolute Gasteiger partial charge is 0.494 e. The van der Waals surface area contributed by atoms with Crippen molar-refractivity contribution in [2.45, 2.75) is 31.9 Å². The summed E-state index contributed by atoms with van der Waals surface area (Å²) >= 11 is 0. The molecule has 244 valence electrons. The number of hydrogen-bond donors (Lipinski definition) is 7. The molecule has 0 saturated carbocycles. The number of carbonyl (C=O) groups excluding carboxylic acids is 2. The average molecular weight is 639 g/mol. The quantitative estimate of drug-likeness (QED) is 0.0772. The van der Waals surface area contributed by atoms with Gasteiger partial charge in [0.15, 0.2) is 29.0 Å².